The molecule has 0 saturated carbocycles. The molecule has 1 N–H and O–H groups in total. The molecule has 2 rings (SSSR count). The van der Waals surface area contributed by atoms with E-state index in [4.69, 9.17) is 0 Å². The summed E-state index contributed by atoms with van der Waals surface area (Å²) < 4.78 is 28.1. The van der Waals surface area contributed by atoms with Gasteiger partial charge in [-0.3, -0.25) is 4.79 Å². The van der Waals surface area contributed by atoms with Gasteiger partial charge in [-0.1, -0.05) is 62.7 Å². The molecule has 0 aliphatic heterocycles. The molecule has 0 saturated heterocycles. The van der Waals surface area contributed by atoms with Gasteiger partial charge in [-0.15, -0.1) is 0 Å². The van der Waals surface area contributed by atoms with Crippen LogP contribution in [0, 0.1) is 12.8 Å². The summed E-state index contributed by atoms with van der Waals surface area (Å²) >= 11 is 0. The molecule has 0 unspecified atom stereocenters. The molecule has 2 aromatic carbocycles. The van der Waals surface area contributed by atoms with E-state index in [9.17, 15) is 13.2 Å². The lowest BCUT2D eigenvalue weighted by Crippen LogP contribution is -2.49. The molecule has 1 atom stereocenters. The number of nitrogens with one attached hydrogen (secondary N) is 1. The highest BCUT2D eigenvalue weighted by atomic mass is 32.2. The average Bonchev–Trinajstić information content (AvgIpc) is 2.66. The van der Waals surface area contributed by atoms with Crippen LogP contribution in [0.25, 0.3) is 0 Å². The number of likely N-dealkylation sites (N-methyl/N-ethyl adjacent to an activating group) is 1. The van der Waals surface area contributed by atoms with Crippen molar-refractivity contribution in [2.75, 3.05) is 7.05 Å². The fourth-order valence-corrected chi connectivity index (χ4v) is 4.23. The van der Waals surface area contributed by atoms with Crippen molar-refractivity contribution in [3.63, 3.8) is 0 Å². The molecule has 0 aliphatic carbocycles. The van der Waals surface area contributed by atoms with Gasteiger partial charge in [0.2, 0.25) is 15.9 Å². The summed E-state index contributed by atoms with van der Waals surface area (Å²) in [5, 5.41) is 0. The van der Waals surface area contributed by atoms with Crippen LogP contribution in [0.2, 0.25) is 0 Å². The van der Waals surface area contributed by atoms with Crippen LogP contribution in [0.1, 0.15) is 37.5 Å². The van der Waals surface area contributed by atoms with Gasteiger partial charge in [-0.25, -0.2) is 8.42 Å². The summed E-state index contributed by atoms with van der Waals surface area (Å²) in [6.07, 6.45) is 0.964. The Morgan fingerprint density at radius 1 is 1.00 bits per heavy atom. The number of nitrogens with zero attached hydrogens (tertiary/aromatic N) is 1. The van der Waals surface area contributed by atoms with E-state index in [2.05, 4.69) is 11.6 Å². The highest BCUT2D eigenvalue weighted by Gasteiger charge is 2.30. The zero-order chi connectivity index (χ0) is 20.9. The zero-order valence-corrected chi connectivity index (χ0v) is 18.1. The Morgan fingerprint density at radius 2 is 1.54 bits per heavy atom. The molecule has 0 radical (unpaired) electrons. The summed E-state index contributed by atoms with van der Waals surface area (Å²) in [5.74, 6) is -0.428. The highest BCUT2D eigenvalue weighted by molar-refractivity contribution is 7.89. The second kappa shape index (κ2) is 9.34. The van der Waals surface area contributed by atoms with Crippen molar-refractivity contribution in [2.24, 2.45) is 5.92 Å². The van der Waals surface area contributed by atoms with Gasteiger partial charge < -0.3 is 4.90 Å². The number of carbonyl (C=O) groups excluding carboxylic acids is 1. The topological polar surface area (TPSA) is 66.5 Å². The second-order valence-corrected chi connectivity index (χ2v) is 9.23. The third-order valence-electron chi connectivity index (χ3n) is 4.77. The van der Waals surface area contributed by atoms with E-state index in [-0.39, 0.29) is 16.7 Å². The van der Waals surface area contributed by atoms with Crippen molar-refractivity contribution in [3.05, 3.63) is 65.2 Å². The Hall–Kier alpha value is -2.18. The van der Waals surface area contributed by atoms with Crippen LogP contribution in [0.15, 0.2) is 53.4 Å². The molecule has 0 aromatic heterocycles. The van der Waals surface area contributed by atoms with Gasteiger partial charge in [0.25, 0.3) is 0 Å². The minimum atomic E-state index is -3.78. The Bertz CT molecular complexity index is 888. The lowest BCUT2D eigenvalue weighted by Gasteiger charge is -2.27. The van der Waals surface area contributed by atoms with E-state index in [1.165, 1.54) is 5.56 Å². The van der Waals surface area contributed by atoms with Gasteiger partial charge in [-0.05, 0) is 42.5 Å². The molecular weight excluding hydrogens is 372 g/mol. The van der Waals surface area contributed by atoms with Crippen molar-refractivity contribution in [2.45, 2.75) is 51.6 Å². The maximum absolute atomic E-state index is 13.0. The molecule has 152 valence electrons. The van der Waals surface area contributed by atoms with Crippen LogP contribution in [-0.2, 0) is 27.8 Å². The SMILES string of the molecule is CCc1ccc(CN(C)C(=O)[C@@H](NS(=O)(=O)c2ccc(C)cc2)C(C)C)cc1. The van der Waals surface area contributed by atoms with Crippen molar-refractivity contribution in [1.82, 2.24) is 9.62 Å². The quantitative estimate of drug-likeness (QED) is 0.735. The molecule has 6 heteroatoms. The molecule has 0 spiro atoms. The highest BCUT2D eigenvalue weighted by Crippen LogP contribution is 2.15. The van der Waals surface area contributed by atoms with E-state index >= 15 is 0 Å². The normalized spacial score (nSPS) is 12.8. The number of sulfonamides is 1. The summed E-state index contributed by atoms with van der Waals surface area (Å²) in [7, 11) is -2.08. The Balaban J connectivity index is 2.14. The van der Waals surface area contributed by atoms with Gasteiger partial charge in [0, 0.05) is 13.6 Å². The Morgan fingerprint density at radius 3 is 2.04 bits per heavy atom. The first kappa shape index (κ1) is 22.1. The Kier molecular flexibility index (Phi) is 7.38. The number of carbonyl (C=O) groups is 1. The summed E-state index contributed by atoms with van der Waals surface area (Å²) in [6.45, 7) is 8.09. The number of aryl methyl sites for hydroxylation is 2. The van der Waals surface area contributed by atoms with Crippen LogP contribution in [0.4, 0.5) is 0 Å². The molecule has 0 aliphatic rings. The number of hydrogen-bond acceptors (Lipinski definition) is 3. The molecule has 5 nitrogen and oxygen atoms in total. The van der Waals surface area contributed by atoms with E-state index in [0.29, 0.717) is 6.54 Å². The summed E-state index contributed by atoms with van der Waals surface area (Å²) in [5.41, 5.74) is 3.23. The number of benzene rings is 2. The average molecular weight is 403 g/mol. The zero-order valence-electron chi connectivity index (χ0n) is 17.3. The molecule has 0 fully saturated rings. The van der Waals surface area contributed by atoms with Crippen molar-refractivity contribution in [1.29, 1.82) is 0 Å². The van der Waals surface area contributed by atoms with Crippen molar-refractivity contribution >= 4 is 15.9 Å². The smallest absolute Gasteiger partial charge is 0.241 e. The van der Waals surface area contributed by atoms with E-state index in [0.717, 1.165) is 17.5 Å². The monoisotopic (exact) mass is 402 g/mol. The lowest BCUT2D eigenvalue weighted by molar-refractivity contribution is -0.133. The van der Waals surface area contributed by atoms with E-state index in [1.807, 2.05) is 45.0 Å². The fourth-order valence-electron chi connectivity index (χ4n) is 2.89. The molecule has 28 heavy (non-hydrogen) atoms. The van der Waals surface area contributed by atoms with Gasteiger partial charge in [0.05, 0.1) is 4.90 Å². The second-order valence-electron chi connectivity index (χ2n) is 7.52. The maximum Gasteiger partial charge on any atom is 0.241 e. The minimum Gasteiger partial charge on any atom is -0.340 e. The van der Waals surface area contributed by atoms with E-state index in [1.54, 1.807) is 36.2 Å². The first-order chi connectivity index (χ1) is 13.1. The predicted molar refractivity (Wildman–Crippen MR) is 112 cm³/mol. The third kappa shape index (κ3) is 5.66. The third-order valence-corrected chi connectivity index (χ3v) is 6.23. The summed E-state index contributed by atoms with van der Waals surface area (Å²) in [6, 6.07) is 13.9. The molecular formula is C22H30N2O3S. The maximum atomic E-state index is 13.0. The first-order valence-electron chi connectivity index (χ1n) is 9.56. The largest absolute Gasteiger partial charge is 0.340 e. The fraction of sp³-hybridized carbons (Fsp3) is 0.409. The van der Waals surface area contributed by atoms with Gasteiger partial charge in [0.1, 0.15) is 6.04 Å². The molecule has 0 heterocycles. The molecule has 2 aromatic rings. The van der Waals surface area contributed by atoms with Crippen LogP contribution in [0.3, 0.4) is 0 Å². The van der Waals surface area contributed by atoms with Crippen molar-refractivity contribution in [3.8, 4) is 0 Å². The summed E-state index contributed by atoms with van der Waals surface area (Å²) in [4.78, 5) is 14.7. The first-order valence-corrected chi connectivity index (χ1v) is 11.0. The van der Waals surface area contributed by atoms with Crippen molar-refractivity contribution < 1.29 is 13.2 Å². The van der Waals surface area contributed by atoms with Crippen LogP contribution < -0.4 is 4.72 Å². The van der Waals surface area contributed by atoms with Gasteiger partial charge in [0.15, 0.2) is 0 Å². The van der Waals surface area contributed by atoms with Gasteiger partial charge in [-0.2, -0.15) is 4.72 Å². The molecule has 0 bridgehead atoms. The van der Waals surface area contributed by atoms with E-state index < -0.39 is 16.1 Å². The molecule has 1 amide bonds. The van der Waals surface area contributed by atoms with Crippen LogP contribution in [-0.4, -0.2) is 32.3 Å². The van der Waals surface area contributed by atoms with Crippen LogP contribution >= 0.6 is 0 Å². The lowest BCUT2D eigenvalue weighted by atomic mass is 10.0. The Labute approximate surface area is 168 Å². The van der Waals surface area contributed by atoms with Gasteiger partial charge >= 0.3 is 0 Å². The number of hydrogen-bond donors (Lipinski definition) is 1. The minimum absolute atomic E-state index is 0.161. The standard InChI is InChI=1S/C22H30N2O3S/c1-6-18-9-11-19(12-10-18)15-24(5)22(25)21(16(2)3)23-28(26,27)20-13-7-17(4)8-14-20/h7-14,16,21,23H,6,15H2,1-5H3/t21-/m0/s1. The predicted octanol–water partition coefficient (Wildman–Crippen LogP) is 3.52. The number of rotatable bonds is 8. The number of amides is 1. The van der Waals surface area contributed by atoms with Crippen LogP contribution in [0.5, 0.6) is 0 Å².